The number of nitrogens with one attached hydrogen (secondary N) is 1. The Bertz CT molecular complexity index is 511. The van der Waals surface area contributed by atoms with Gasteiger partial charge in [0.05, 0.1) is 5.69 Å². The van der Waals surface area contributed by atoms with Crippen molar-refractivity contribution in [2.75, 3.05) is 5.32 Å². The lowest BCUT2D eigenvalue weighted by atomic mass is 10.2. The van der Waals surface area contributed by atoms with Crippen molar-refractivity contribution in [2.24, 2.45) is 5.73 Å². The number of benzene rings is 1. The number of nitrogens with zero attached hydrogens (tertiary/aromatic N) is 1. The summed E-state index contributed by atoms with van der Waals surface area (Å²) in [4.78, 5) is 4.40. The largest absolute Gasteiger partial charge is 0.388 e. The van der Waals surface area contributed by atoms with E-state index in [1.165, 1.54) is 5.56 Å². The Labute approximate surface area is 106 Å². The summed E-state index contributed by atoms with van der Waals surface area (Å²) < 4.78 is 0. The molecule has 0 atom stereocenters. The van der Waals surface area contributed by atoms with E-state index >= 15 is 0 Å². The van der Waals surface area contributed by atoms with Crippen LogP contribution in [0.4, 0.5) is 5.69 Å². The average molecular weight is 243 g/mol. The summed E-state index contributed by atoms with van der Waals surface area (Å²) >= 11 is 4.89. The average Bonchev–Trinajstić information content (AvgIpc) is 2.38. The van der Waals surface area contributed by atoms with Gasteiger partial charge in [0.15, 0.2) is 0 Å². The molecule has 0 saturated carbocycles. The second kappa shape index (κ2) is 5.41. The van der Waals surface area contributed by atoms with E-state index in [9.17, 15) is 0 Å². The number of aromatic nitrogens is 1. The lowest BCUT2D eigenvalue weighted by Crippen LogP contribution is -2.12. The SMILES string of the molecule is NC(=S)c1cc(NCc2ccccc2)ccn1. The molecular weight excluding hydrogens is 230 g/mol. The summed E-state index contributed by atoms with van der Waals surface area (Å²) in [6.07, 6.45) is 1.70. The molecule has 0 unspecified atom stereocenters. The molecule has 1 aromatic heterocycles. The van der Waals surface area contributed by atoms with Crippen LogP contribution in [-0.4, -0.2) is 9.97 Å². The van der Waals surface area contributed by atoms with Crippen LogP contribution < -0.4 is 11.1 Å². The van der Waals surface area contributed by atoms with Crippen LogP contribution >= 0.6 is 12.2 Å². The maximum Gasteiger partial charge on any atom is 0.122 e. The molecule has 17 heavy (non-hydrogen) atoms. The van der Waals surface area contributed by atoms with Crippen molar-refractivity contribution in [3.8, 4) is 0 Å². The lowest BCUT2D eigenvalue weighted by molar-refractivity contribution is 1.14. The topological polar surface area (TPSA) is 50.9 Å². The fourth-order valence-electron chi connectivity index (χ4n) is 1.48. The number of nitrogens with two attached hydrogens (primary N) is 1. The van der Waals surface area contributed by atoms with E-state index in [-0.39, 0.29) is 0 Å². The summed E-state index contributed by atoms with van der Waals surface area (Å²) in [6.45, 7) is 0.766. The molecule has 3 nitrogen and oxygen atoms in total. The van der Waals surface area contributed by atoms with Gasteiger partial charge in [0.25, 0.3) is 0 Å². The molecule has 0 spiro atoms. The Morgan fingerprint density at radius 2 is 2.00 bits per heavy atom. The van der Waals surface area contributed by atoms with Crippen LogP contribution in [0, 0.1) is 0 Å². The van der Waals surface area contributed by atoms with Crippen LogP contribution in [0.25, 0.3) is 0 Å². The highest BCUT2D eigenvalue weighted by Gasteiger charge is 1.99. The van der Waals surface area contributed by atoms with E-state index in [0.717, 1.165) is 12.2 Å². The predicted molar refractivity (Wildman–Crippen MR) is 73.9 cm³/mol. The highest BCUT2D eigenvalue weighted by molar-refractivity contribution is 7.80. The van der Waals surface area contributed by atoms with Crippen LogP contribution in [0.5, 0.6) is 0 Å². The van der Waals surface area contributed by atoms with Gasteiger partial charge in [-0.25, -0.2) is 0 Å². The highest BCUT2D eigenvalue weighted by Crippen LogP contribution is 2.10. The number of hydrogen-bond acceptors (Lipinski definition) is 3. The molecule has 0 aliphatic carbocycles. The van der Waals surface area contributed by atoms with E-state index in [2.05, 4.69) is 22.4 Å². The van der Waals surface area contributed by atoms with Gasteiger partial charge < -0.3 is 11.1 Å². The normalized spacial score (nSPS) is 9.88. The van der Waals surface area contributed by atoms with E-state index in [4.69, 9.17) is 18.0 Å². The molecule has 0 saturated heterocycles. The maximum absolute atomic E-state index is 5.53. The first-order chi connectivity index (χ1) is 8.25. The molecule has 2 aromatic rings. The minimum Gasteiger partial charge on any atom is -0.388 e. The fourth-order valence-corrected chi connectivity index (χ4v) is 1.59. The molecule has 86 valence electrons. The number of anilines is 1. The third-order valence-electron chi connectivity index (χ3n) is 2.35. The molecule has 0 amide bonds. The van der Waals surface area contributed by atoms with E-state index < -0.39 is 0 Å². The van der Waals surface area contributed by atoms with Crippen LogP contribution in [0.2, 0.25) is 0 Å². The highest BCUT2D eigenvalue weighted by atomic mass is 32.1. The van der Waals surface area contributed by atoms with Gasteiger partial charge in [-0.2, -0.15) is 0 Å². The van der Waals surface area contributed by atoms with Crippen molar-refractivity contribution < 1.29 is 0 Å². The summed E-state index contributed by atoms with van der Waals surface area (Å²) in [5, 5.41) is 3.30. The van der Waals surface area contributed by atoms with E-state index in [1.807, 2.05) is 30.3 Å². The third-order valence-corrected chi connectivity index (χ3v) is 2.56. The molecule has 1 aromatic carbocycles. The zero-order valence-corrected chi connectivity index (χ0v) is 10.1. The molecule has 0 aliphatic rings. The van der Waals surface area contributed by atoms with Crippen molar-refractivity contribution in [3.63, 3.8) is 0 Å². The smallest absolute Gasteiger partial charge is 0.122 e. The van der Waals surface area contributed by atoms with Gasteiger partial charge in [-0.05, 0) is 17.7 Å². The molecular formula is C13H13N3S. The van der Waals surface area contributed by atoms with Crippen molar-refractivity contribution in [1.82, 2.24) is 4.98 Å². The Morgan fingerprint density at radius 3 is 2.71 bits per heavy atom. The van der Waals surface area contributed by atoms with Crippen LogP contribution in [-0.2, 0) is 6.54 Å². The first kappa shape index (κ1) is 11.5. The van der Waals surface area contributed by atoms with Crippen LogP contribution in [0.3, 0.4) is 0 Å². The maximum atomic E-state index is 5.53. The number of rotatable bonds is 4. The first-order valence-electron chi connectivity index (χ1n) is 5.29. The second-order valence-corrected chi connectivity index (χ2v) is 4.07. The summed E-state index contributed by atoms with van der Waals surface area (Å²) in [6, 6.07) is 13.9. The first-order valence-corrected chi connectivity index (χ1v) is 5.70. The van der Waals surface area contributed by atoms with Gasteiger partial charge in [-0.1, -0.05) is 42.5 Å². The number of pyridine rings is 1. The zero-order chi connectivity index (χ0) is 12.1. The molecule has 0 aliphatic heterocycles. The summed E-state index contributed by atoms with van der Waals surface area (Å²) in [5.41, 5.74) is 8.36. The number of thiocarbonyl (C=S) groups is 1. The van der Waals surface area contributed by atoms with E-state index in [1.54, 1.807) is 6.20 Å². The summed E-state index contributed by atoms with van der Waals surface area (Å²) in [7, 11) is 0. The quantitative estimate of drug-likeness (QED) is 0.809. The van der Waals surface area contributed by atoms with Crippen molar-refractivity contribution in [3.05, 3.63) is 59.9 Å². The second-order valence-electron chi connectivity index (χ2n) is 3.63. The van der Waals surface area contributed by atoms with Gasteiger partial charge in [0.2, 0.25) is 0 Å². The zero-order valence-electron chi connectivity index (χ0n) is 9.26. The minimum atomic E-state index is 0.313. The van der Waals surface area contributed by atoms with Crippen molar-refractivity contribution in [2.45, 2.75) is 6.54 Å². The van der Waals surface area contributed by atoms with Crippen LogP contribution in [0.15, 0.2) is 48.7 Å². The standard InChI is InChI=1S/C13H13N3S/c14-13(17)12-8-11(6-7-15-12)16-9-10-4-2-1-3-5-10/h1-8H,9H2,(H2,14,17)(H,15,16). The predicted octanol–water partition coefficient (Wildman–Crippen LogP) is 2.33. The third kappa shape index (κ3) is 3.26. The van der Waals surface area contributed by atoms with Crippen molar-refractivity contribution in [1.29, 1.82) is 0 Å². The Hall–Kier alpha value is -1.94. The monoisotopic (exact) mass is 243 g/mol. The van der Waals surface area contributed by atoms with Crippen LogP contribution in [0.1, 0.15) is 11.3 Å². The molecule has 1 heterocycles. The van der Waals surface area contributed by atoms with Gasteiger partial charge in [0, 0.05) is 18.4 Å². The molecule has 3 N–H and O–H groups in total. The summed E-state index contributed by atoms with van der Waals surface area (Å²) in [5.74, 6) is 0. The van der Waals surface area contributed by atoms with Gasteiger partial charge in [0.1, 0.15) is 4.99 Å². The van der Waals surface area contributed by atoms with E-state index in [0.29, 0.717) is 10.7 Å². The molecule has 0 fully saturated rings. The fraction of sp³-hybridized carbons (Fsp3) is 0.0769. The lowest BCUT2D eigenvalue weighted by Gasteiger charge is -2.07. The van der Waals surface area contributed by atoms with Gasteiger partial charge >= 0.3 is 0 Å². The number of hydrogen-bond donors (Lipinski definition) is 2. The Morgan fingerprint density at radius 1 is 1.24 bits per heavy atom. The van der Waals surface area contributed by atoms with Crippen molar-refractivity contribution >= 4 is 22.9 Å². The molecule has 0 bridgehead atoms. The Kier molecular flexibility index (Phi) is 3.67. The molecule has 0 radical (unpaired) electrons. The molecule has 4 heteroatoms. The Balaban J connectivity index is 2.04. The minimum absolute atomic E-state index is 0.313. The molecule has 2 rings (SSSR count). The van der Waals surface area contributed by atoms with Gasteiger partial charge in [-0.15, -0.1) is 0 Å². The van der Waals surface area contributed by atoms with Gasteiger partial charge in [-0.3, -0.25) is 4.98 Å².